The molecular formula is C10H4N4OS2. The van der Waals surface area contributed by atoms with Crippen LogP contribution < -0.4 is 0 Å². The van der Waals surface area contributed by atoms with E-state index in [4.69, 9.17) is 0 Å². The maximum atomic E-state index is 11.4. The molecule has 7 heteroatoms. The Balaban J connectivity index is 2.38. The van der Waals surface area contributed by atoms with Gasteiger partial charge >= 0.3 is 5.91 Å². The first kappa shape index (κ1) is 10.3. The van der Waals surface area contributed by atoms with Crippen LogP contribution in [0.25, 0.3) is 21.1 Å². The number of hydrogen-bond acceptors (Lipinski definition) is 6. The summed E-state index contributed by atoms with van der Waals surface area (Å²) in [5, 5.41) is 1.21. The second-order valence-electron chi connectivity index (χ2n) is 3.29. The average Bonchev–Trinajstić information content (AvgIpc) is 2.82. The van der Waals surface area contributed by atoms with Crippen LogP contribution in [0.5, 0.6) is 0 Å². The van der Waals surface area contributed by atoms with Gasteiger partial charge in [-0.2, -0.15) is 0 Å². The quantitative estimate of drug-likeness (QED) is 0.670. The summed E-state index contributed by atoms with van der Waals surface area (Å²) in [5.74, 6) is -0.483. The summed E-state index contributed by atoms with van der Waals surface area (Å²) in [5.41, 5.74) is 1.52. The van der Waals surface area contributed by atoms with Gasteiger partial charge in [-0.05, 0) is 12.1 Å². The number of aromatic nitrogens is 3. The lowest BCUT2D eigenvalue weighted by molar-refractivity contribution is 0.101. The third kappa shape index (κ3) is 1.60. The number of thiazole rings is 1. The topological polar surface area (TPSA) is 68.1 Å². The minimum Gasteiger partial charge on any atom is -0.263 e. The standard InChI is InChI=1S/C10H4N4OS2/c15-9(14-16)10-13-6-2-1-5-3-11-4-12-7(5)8(6)17-10/h1-4H. The van der Waals surface area contributed by atoms with Crippen molar-refractivity contribution in [1.82, 2.24) is 15.0 Å². The summed E-state index contributed by atoms with van der Waals surface area (Å²) in [6, 6.07) is 3.70. The van der Waals surface area contributed by atoms with Crippen molar-refractivity contribution in [2.75, 3.05) is 0 Å². The van der Waals surface area contributed by atoms with Gasteiger partial charge < -0.3 is 0 Å². The van der Waals surface area contributed by atoms with Crippen LogP contribution in [0.2, 0.25) is 0 Å². The van der Waals surface area contributed by atoms with Crippen LogP contribution >= 0.6 is 11.3 Å². The Morgan fingerprint density at radius 2 is 2.29 bits per heavy atom. The molecule has 2 aromatic heterocycles. The van der Waals surface area contributed by atoms with Crippen molar-refractivity contribution < 1.29 is 4.79 Å². The molecule has 0 radical (unpaired) electrons. The number of amides is 1. The summed E-state index contributed by atoms with van der Waals surface area (Å²) < 4.78 is 4.05. The van der Waals surface area contributed by atoms with E-state index in [1.165, 1.54) is 17.7 Å². The van der Waals surface area contributed by atoms with Crippen molar-refractivity contribution in [3.05, 3.63) is 29.7 Å². The van der Waals surface area contributed by atoms with Crippen molar-refractivity contribution >= 4 is 50.8 Å². The number of benzene rings is 1. The van der Waals surface area contributed by atoms with Crippen LogP contribution in [0.4, 0.5) is 0 Å². The molecule has 0 aliphatic heterocycles. The van der Waals surface area contributed by atoms with Crippen molar-refractivity contribution in [3.8, 4) is 0 Å². The van der Waals surface area contributed by atoms with Crippen molar-refractivity contribution in [3.63, 3.8) is 0 Å². The Morgan fingerprint density at radius 1 is 1.41 bits per heavy atom. The number of fused-ring (bicyclic) bond motifs is 3. The van der Waals surface area contributed by atoms with E-state index in [0.29, 0.717) is 5.01 Å². The van der Waals surface area contributed by atoms with E-state index in [1.54, 1.807) is 6.20 Å². The zero-order chi connectivity index (χ0) is 11.8. The lowest BCUT2D eigenvalue weighted by atomic mass is 10.2. The van der Waals surface area contributed by atoms with Crippen LogP contribution in [-0.2, 0) is 12.4 Å². The van der Waals surface area contributed by atoms with Gasteiger partial charge in [0.1, 0.15) is 6.33 Å². The van der Waals surface area contributed by atoms with Gasteiger partial charge in [0.25, 0.3) is 0 Å². The van der Waals surface area contributed by atoms with E-state index in [1.807, 2.05) is 12.1 Å². The highest BCUT2D eigenvalue weighted by Gasteiger charge is 2.13. The lowest BCUT2D eigenvalue weighted by Crippen LogP contribution is -1.90. The highest BCUT2D eigenvalue weighted by molar-refractivity contribution is 7.48. The van der Waals surface area contributed by atoms with Crippen LogP contribution in [0.1, 0.15) is 9.80 Å². The molecule has 0 spiro atoms. The molecule has 0 N–H and O–H groups in total. The molecule has 0 unspecified atom stereocenters. The smallest absolute Gasteiger partial charge is 0.263 e. The predicted octanol–water partition coefficient (Wildman–Crippen LogP) is 2.11. The Hall–Kier alpha value is -1.86. The molecule has 0 saturated heterocycles. The molecule has 2 heterocycles. The third-order valence-electron chi connectivity index (χ3n) is 2.30. The molecular weight excluding hydrogens is 256 g/mol. The van der Waals surface area contributed by atoms with E-state index in [-0.39, 0.29) is 0 Å². The average molecular weight is 260 g/mol. The van der Waals surface area contributed by atoms with Gasteiger partial charge in [-0.3, -0.25) is 4.79 Å². The molecule has 1 aromatic carbocycles. The summed E-state index contributed by atoms with van der Waals surface area (Å²) in [4.78, 5) is 23.7. The molecule has 3 aromatic rings. The molecule has 5 nitrogen and oxygen atoms in total. The van der Waals surface area contributed by atoms with Crippen LogP contribution in [0.3, 0.4) is 0 Å². The molecule has 0 saturated carbocycles. The largest absolute Gasteiger partial charge is 0.317 e. The minimum atomic E-state index is -0.483. The van der Waals surface area contributed by atoms with Gasteiger partial charge in [0.05, 0.1) is 15.7 Å². The van der Waals surface area contributed by atoms with Crippen LogP contribution in [-0.4, -0.2) is 20.9 Å². The molecule has 0 bridgehead atoms. The van der Waals surface area contributed by atoms with Gasteiger partial charge in [0.2, 0.25) is 0 Å². The van der Waals surface area contributed by atoms with Crippen LogP contribution in [0.15, 0.2) is 29.0 Å². The maximum Gasteiger partial charge on any atom is 0.317 e. The number of rotatable bonds is 1. The van der Waals surface area contributed by atoms with Crippen molar-refractivity contribution in [2.45, 2.75) is 0 Å². The van der Waals surface area contributed by atoms with E-state index in [9.17, 15) is 4.79 Å². The predicted molar refractivity (Wildman–Crippen MR) is 66.8 cm³/mol. The summed E-state index contributed by atoms with van der Waals surface area (Å²) in [6.07, 6.45) is 3.20. The van der Waals surface area contributed by atoms with Crippen LogP contribution in [0, 0.1) is 0 Å². The Kier molecular flexibility index (Phi) is 2.34. The zero-order valence-corrected chi connectivity index (χ0v) is 9.96. The van der Waals surface area contributed by atoms with Gasteiger partial charge in [0.15, 0.2) is 5.01 Å². The zero-order valence-electron chi connectivity index (χ0n) is 8.32. The molecule has 82 valence electrons. The van der Waals surface area contributed by atoms with Gasteiger partial charge in [-0.15, -0.1) is 15.7 Å². The van der Waals surface area contributed by atoms with Crippen molar-refractivity contribution in [2.24, 2.45) is 4.36 Å². The third-order valence-corrected chi connectivity index (χ3v) is 3.53. The highest BCUT2D eigenvalue weighted by atomic mass is 32.1. The first-order chi connectivity index (χ1) is 8.29. The van der Waals surface area contributed by atoms with Crippen molar-refractivity contribution in [1.29, 1.82) is 0 Å². The van der Waals surface area contributed by atoms with Gasteiger partial charge in [-0.1, -0.05) is 0 Å². The fraction of sp³-hybridized carbons (Fsp3) is 0. The van der Waals surface area contributed by atoms with E-state index >= 15 is 0 Å². The fourth-order valence-corrected chi connectivity index (χ4v) is 2.67. The molecule has 17 heavy (non-hydrogen) atoms. The van der Waals surface area contributed by atoms with Gasteiger partial charge in [0, 0.05) is 24.0 Å². The SMILES string of the molecule is O=C(N=S)c1nc2ccc3cncnc3c2s1. The summed E-state index contributed by atoms with van der Waals surface area (Å²) in [7, 11) is 0. The van der Waals surface area contributed by atoms with E-state index in [0.717, 1.165) is 21.1 Å². The summed E-state index contributed by atoms with van der Waals surface area (Å²) >= 11 is 5.62. The van der Waals surface area contributed by atoms with E-state index in [2.05, 4.69) is 31.7 Å². The molecule has 0 atom stereocenters. The Bertz CT molecular complexity index is 752. The normalized spacial score (nSPS) is 10.8. The number of hydrogen-bond donors (Lipinski definition) is 0. The lowest BCUT2D eigenvalue weighted by Gasteiger charge is -1.94. The van der Waals surface area contributed by atoms with Gasteiger partial charge in [-0.25, -0.2) is 15.0 Å². The Labute approximate surface area is 105 Å². The second-order valence-corrected chi connectivity index (χ2v) is 4.47. The number of carbonyl (C=O) groups excluding carboxylic acids is 1. The number of carbonyl (C=O) groups is 1. The molecule has 0 aliphatic carbocycles. The number of nitrogens with zero attached hydrogens (tertiary/aromatic N) is 4. The monoisotopic (exact) mass is 260 g/mol. The first-order valence-electron chi connectivity index (χ1n) is 4.66. The molecule has 0 aliphatic rings. The fourth-order valence-electron chi connectivity index (χ4n) is 1.57. The highest BCUT2D eigenvalue weighted by Crippen LogP contribution is 2.28. The second kappa shape index (κ2) is 3.86. The minimum absolute atomic E-state index is 0.293. The maximum absolute atomic E-state index is 11.4. The summed E-state index contributed by atoms with van der Waals surface area (Å²) in [6.45, 7) is 0. The molecule has 1 amide bonds. The molecule has 0 fully saturated rings. The van der Waals surface area contributed by atoms with E-state index < -0.39 is 5.91 Å². The first-order valence-corrected chi connectivity index (χ1v) is 5.84. The molecule has 3 rings (SSSR count). The Morgan fingerprint density at radius 3 is 3.12 bits per heavy atom.